The minimum Gasteiger partial charge on any atom is -0.489 e. The van der Waals surface area contributed by atoms with E-state index in [0.717, 1.165) is 33.0 Å². The van der Waals surface area contributed by atoms with E-state index in [-0.39, 0.29) is 6.54 Å². The molecule has 166 valence electrons. The summed E-state index contributed by atoms with van der Waals surface area (Å²) in [6.45, 7) is 1.89. The van der Waals surface area contributed by atoms with E-state index in [1.54, 1.807) is 25.1 Å². The largest absolute Gasteiger partial charge is 0.489 e. The van der Waals surface area contributed by atoms with Crippen LogP contribution in [0.3, 0.4) is 0 Å². The summed E-state index contributed by atoms with van der Waals surface area (Å²) >= 11 is 0. The molecule has 3 aromatic carbocycles. The van der Waals surface area contributed by atoms with Crippen LogP contribution in [0.2, 0.25) is 0 Å². The monoisotopic (exact) mass is 451 g/mol. The fourth-order valence-corrected chi connectivity index (χ4v) is 3.87. The number of hydrogen-bond acceptors (Lipinski definition) is 5. The van der Waals surface area contributed by atoms with Crippen molar-refractivity contribution < 1.29 is 17.9 Å². The number of benzene rings is 3. The number of amides is 1. The van der Waals surface area contributed by atoms with Crippen LogP contribution < -0.4 is 14.5 Å². The van der Waals surface area contributed by atoms with Gasteiger partial charge in [-0.1, -0.05) is 48.5 Å². The molecule has 0 aliphatic heterocycles. The molecule has 0 saturated heterocycles. The van der Waals surface area contributed by atoms with Crippen LogP contribution in [0, 0.1) is 6.92 Å². The quantitative estimate of drug-likeness (QED) is 0.398. The highest BCUT2D eigenvalue weighted by Crippen LogP contribution is 2.21. The highest BCUT2D eigenvalue weighted by molar-refractivity contribution is 7.92. The standard InChI is InChI=1S/C24H25N3O4S/c1-19-8-6-7-11-23(19)27(32(2,29)30)17-24(28)26-25-16-20-12-14-22(15-13-20)31-18-21-9-4-3-5-10-21/h3-16H,17-18H2,1-2H3,(H,26,28)/b25-16-. The number of sulfonamides is 1. The summed E-state index contributed by atoms with van der Waals surface area (Å²) in [5.74, 6) is 0.176. The molecule has 0 radical (unpaired) electrons. The second-order valence-electron chi connectivity index (χ2n) is 7.19. The topological polar surface area (TPSA) is 88.1 Å². The summed E-state index contributed by atoms with van der Waals surface area (Å²) in [6.07, 6.45) is 2.55. The molecule has 8 heteroatoms. The van der Waals surface area contributed by atoms with E-state index in [9.17, 15) is 13.2 Å². The Morgan fingerprint density at radius 2 is 1.66 bits per heavy atom. The lowest BCUT2D eigenvalue weighted by Gasteiger charge is -2.23. The van der Waals surface area contributed by atoms with E-state index < -0.39 is 15.9 Å². The molecule has 3 rings (SSSR count). The van der Waals surface area contributed by atoms with Crippen LogP contribution in [0.1, 0.15) is 16.7 Å². The first-order chi connectivity index (χ1) is 15.3. The second-order valence-corrected chi connectivity index (χ2v) is 9.10. The number of carbonyl (C=O) groups excluding carboxylic acids is 1. The van der Waals surface area contributed by atoms with Crippen molar-refractivity contribution in [3.8, 4) is 5.75 Å². The number of hydrogen-bond donors (Lipinski definition) is 1. The van der Waals surface area contributed by atoms with Crippen LogP contribution in [-0.2, 0) is 21.4 Å². The smallest absolute Gasteiger partial charge is 0.260 e. The molecule has 0 aliphatic carbocycles. The Morgan fingerprint density at radius 3 is 2.31 bits per heavy atom. The van der Waals surface area contributed by atoms with Crippen molar-refractivity contribution in [2.45, 2.75) is 13.5 Å². The predicted octanol–water partition coefficient (Wildman–Crippen LogP) is 3.49. The van der Waals surface area contributed by atoms with Crippen molar-refractivity contribution in [2.24, 2.45) is 5.10 Å². The molecule has 0 bridgehead atoms. The number of ether oxygens (including phenoxy) is 1. The number of para-hydroxylation sites is 1. The number of nitrogens with zero attached hydrogens (tertiary/aromatic N) is 2. The summed E-state index contributed by atoms with van der Waals surface area (Å²) in [7, 11) is -3.64. The third-order valence-electron chi connectivity index (χ3n) is 4.60. The molecule has 0 aromatic heterocycles. The SMILES string of the molecule is Cc1ccccc1N(CC(=O)N/N=C\c1ccc(OCc2ccccc2)cc1)S(C)(=O)=O. The fraction of sp³-hybridized carbons (Fsp3) is 0.167. The molecule has 0 saturated carbocycles. The number of nitrogens with one attached hydrogen (secondary N) is 1. The van der Waals surface area contributed by atoms with E-state index in [1.165, 1.54) is 6.21 Å². The van der Waals surface area contributed by atoms with Gasteiger partial charge in [-0.3, -0.25) is 9.10 Å². The lowest BCUT2D eigenvalue weighted by Crippen LogP contribution is -2.39. The fourth-order valence-electron chi connectivity index (χ4n) is 2.96. The first-order valence-corrected chi connectivity index (χ1v) is 11.8. The van der Waals surface area contributed by atoms with Crippen molar-refractivity contribution in [3.05, 3.63) is 95.6 Å². The van der Waals surface area contributed by atoms with Crippen molar-refractivity contribution in [2.75, 3.05) is 17.1 Å². The first kappa shape index (κ1) is 23.0. The van der Waals surface area contributed by atoms with Gasteiger partial charge in [-0.05, 0) is 53.9 Å². The second kappa shape index (κ2) is 10.6. The molecule has 0 atom stereocenters. The minimum absolute atomic E-state index is 0.368. The first-order valence-electron chi connectivity index (χ1n) is 9.95. The number of carbonyl (C=O) groups is 1. The average Bonchev–Trinajstić information content (AvgIpc) is 2.77. The summed E-state index contributed by atoms with van der Waals surface area (Å²) in [5, 5.41) is 3.93. The molecule has 0 heterocycles. The van der Waals surface area contributed by atoms with Crippen LogP contribution in [0.4, 0.5) is 5.69 Å². The van der Waals surface area contributed by atoms with Gasteiger partial charge >= 0.3 is 0 Å². The summed E-state index contributed by atoms with van der Waals surface area (Å²) in [4.78, 5) is 12.3. The van der Waals surface area contributed by atoms with Gasteiger partial charge in [-0.2, -0.15) is 5.10 Å². The van der Waals surface area contributed by atoms with E-state index in [0.29, 0.717) is 12.3 Å². The van der Waals surface area contributed by atoms with E-state index >= 15 is 0 Å². The van der Waals surface area contributed by atoms with Crippen LogP contribution in [0.5, 0.6) is 5.75 Å². The zero-order valence-electron chi connectivity index (χ0n) is 17.9. The Morgan fingerprint density at radius 1 is 1.00 bits per heavy atom. The number of anilines is 1. The summed E-state index contributed by atoms with van der Waals surface area (Å²) < 4.78 is 31.2. The Labute approximate surface area is 188 Å². The zero-order chi connectivity index (χ0) is 23.0. The minimum atomic E-state index is -3.64. The molecule has 7 nitrogen and oxygen atoms in total. The number of hydrazone groups is 1. The maximum absolute atomic E-state index is 12.3. The van der Waals surface area contributed by atoms with E-state index in [2.05, 4.69) is 10.5 Å². The van der Waals surface area contributed by atoms with Crippen molar-refractivity contribution >= 4 is 27.8 Å². The molecule has 1 N–H and O–H groups in total. The van der Waals surface area contributed by atoms with Gasteiger partial charge in [0, 0.05) is 0 Å². The summed E-state index contributed by atoms with van der Waals surface area (Å²) in [6, 6.07) is 24.1. The molecule has 0 spiro atoms. The lowest BCUT2D eigenvalue weighted by atomic mass is 10.2. The highest BCUT2D eigenvalue weighted by Gasteiger charge is 2.21. The Hall–Kier alpha value is -3.65. The van der Waals surface area contributed by atoms with E-state index in [4.69, 9.17) is 4.74 Å². The van der Waals surface area contributed by atoms with Crippen molar-refractivity contribution in [1.82, 2.24) is 5.43 Å². The number of aryl methyl sites for hydroxylation is 1. The Bertz CT molecular complexity index is 1180. The van der Waals surface area contributed by atoms with Gasteiger partial charge in [0.05, 0.1) is 18.2 Å². The van der Waals surface area contributed by atoms with Gasteiger partial charge in [-0.25, -0.2) is 13.8 Å². The molecular formula is C24H25N3O4S. The van der Waals surface area contributed by atoms with Gasteiger partial charge in [0.2, 0.25) is 10.0 Å². The number of rotatable bonds is 9. The van der Waals surface area contributed by atoms with E-state index in [1.807, 2.05) is 60.7 Å². The normalized spacial score (nSPS) is 11.3. The third-order valence-corrected chi connectivity index (χ3v) is 5.73. The van der Waals surface area contributed by atoms with Gasteiger partial charge in [0.25, 0.3) is 5.91 Å². The summed E-state index contributed by atoms with van der Waals surface area (Å²) in [5.41, 5.74) is 5.43. The molecule has 3 aromatic rings. The van der Waals surface area contributed by atoms with Crippen LogP contribution >= 0.6 is 0 Å². The molecule has 0 unspecified atom stereocenters. The van der Waals surface area contributed by atoms with Gasteiger partial charge < -0.3 is 4.74 Å². The maximum atomic E-state index is 12.3. The lowest BCUT2D eigenvalue weighted by molar-refractivity contribution is -0.119. The van der Waals surface area contributed by atoms with Crippen LogP contribution in [-0.4, -0.2) is 33.3 Å². The molecule has 0 fully saturated rings. The van der Waals surface area contributed by atoms with Crippen molar-refractivity contribution in [3.63, 3.8) is 0 Å². The van der Waals surface area contributed by atoms with Gasteiger partial charge in [0.1, 0.15) is 18.9 Å². The highest BCUT2D eigenvalue weighted by atomic mass is 32.2. The predicted molar refractivity (Wildman–Crippen MR) is 126 cm³/mol. The Kier molecular flexibility index (Phi) is 7.62. The zero-order valence-corrected chi connectivity index (χ0v) is 18.7. The molecular weight excluding hydrogens is 426 g/mol. The average molecular weight is 452 g/mol. The third kappa shape index (κ3) is 6.68. The van der Waals surface area contributed by atoms with Crippen molar-refractivity contribution in [1.29, 1.82) is 0 Å². The molecule has 32 heavy (non-hydrogen) atoms. The molecule has 1 amide bonds. The molecule has 0 aliphatic rings. The van der Waals surface area contributed by atoms with Gasteiger partial charge in [-0.15, -0.1) is 0 Å². The maximum Gasteiger partial charge on any atom is 0.260 e. The van der Waals surface area contributed by atoms with Gasteiger partial charge in [0.15, 0.2) is 0 Å². The van der Waals surface area contributed by atoms with Crippen LogP contribution in [0.15, 0.2) is 84.0 Å². The Balaban J connectivity index is 1.55. The van der Waals surface area contributed by atoms with Crippen LogP contribution in [0.25, 0.3) is 0 Å².